The number of nitrogens with zero attached hydrogens (tertiary/aromatic N) is 3. The van der Waals surface area contributed by atoms with Crippen molar-refractivity contribution in [1.82, 2.24) is 15.1 Å². The van der Waals surface area contributed by atoms with E-state index in [1.54, 1.807) is 29.2 Å². The van der Waals surface area contributed by atoms with E-state index < -0.39 is 5.56 Å². The molecule has 1 saturated heterocycles. The number of carbonyl (C=O) groups is 1. The molecule has 1 aromatic heterocycles. The highest BCUT2D eigenvalue weighted by atomic mass is 35.5. The van der Waals surface area contributed by atoms with Crippen molar-refractivity contribution < 1.29 is 4.79 Å². The molecule has 0 aliphatic carbocycles. The van der Waals surface area contributed by atoms with Crippen molar-refractivity contribution >= 4 is 34.8 Å². The number of H-pyrrole nitrogens is 1. The lowest BCUT2D eigenvalue weighted by Gasteiger charge is -2.23. The third-order valence-electron chi connectivity index (χ3n) is 3.97. The summed E-state index contributed by atoms with van der Waals surface area (Å²) in [7, 11) is 0. The Balaban J connectivity index is 1.74. The van der Waals surface area contributed by atoms with Gasteiger partial charge < -0.3 is 9.80 Å². The molecule has 0 bridgehead atoms. The first kappa shape index (κ1) is 16.8. The van der Waals surface area contributed by atoms with Gasteiger partial charge in [-0.05, 0) is 24.6 Å². The fourth-order valence-electron chi connectivity index (χ4n) is 2.76. The Bertz CT molecular complexity index is 809. The predicted molar refractivity (Wildman–Crippen MR) is 94.1 cm³/mol. The molecule has 24 heavy (non-hydrogen) atoms. The molecule has 0 saturated carbocycles. The molecule has 1 fully saturated rings. The molecule has 0 spiro atoms. The number of hydrogen-bond acceptors (Lipinski definition) is 4. The fourth-order valence-corrected chi connectivity index (χ4v) is 3.16. The summed E-state index contributed by atoms with van der Waals surface area (Å²) >= 11 is 12.0. The molecule has 0 atom stereocenters. The van der Waals surface area contributed by atoms with Crippen LogP contribution in [-0.4, -0.2) is 47.2 Å². The van der Waals surface area contributed by atoms with Crippen LogP contribution >= 0.6 is 23.2 Å². The molecule has 2 aromatic rings. The SMILES string of the molecule is O=C(c1cccc(Cl)c1)N1CCCN(c2cn[nH]c(=O)c2Cl)CC1. The van der Waals surface area contributed by atoms with Gasteiger partial charge >= 0.3 is 0 Å². The molecule has 1 amide bonds. The van der Waals surface area contributed by atoms with E-state index in [-0.39, 0.29) is 10.9 Å². The van der Waals surface area contributed by atoms with Crippen LogP contribution in [0.1, 0.15) is 16.8 Å². The summed E-state index contributed by atoms with van der Waals surface area (Å²) in [5.74, 6) is -0.0468. The van der Waals surface area contributed by atoms with E-state index in [1.807, 2.05) is 4.90 Å². The molecule has 8 heteroatoms. The Morgan fingerprint density at radius 2 is 2.00 bits per heavy atom. The molecule has 0 unspecified atom stereocenters. The van der Waals surface area contributed by atoms with Crippen molar-refractivity contribution in [2.24, 2.45) is 0 Å². The highest BCUT2D eigenvalue weighted by Gasteiger charge is 2.22. The lowest BCUT2D eigenvalue weighted by molar-refractivity contribution is 0.0767. The molecule has 1 aliphatic heterocycles. The Kier molecular flexibility index (Phi) is 5.06. The van der Waals surface area contributed by atoms with Crippen LogP contribution in [0.5, 0.6) is 0 Å². The van der Waals surface area contributed by atoms with Crippen LogP contribution in [0.2, 0.25) is 10.0 Å². The molecule has 6 nitrogen and oxygen atoms in total. The molecule has 1 aliphatic rings. The number of aromatic nitrogens is 2. The van der Waals surface area contributed by atoms with E-state index in [9.17, 15) is 9.59 Å². The average molecular weight is 367 g/mol. The number of rotatable bonds is 2. The summed E-state index contributed by atoms with van der Waals surface area (Å²) in [6, 6.07) is 6.93. The van der Waals surface area contributed by atoms with Crippen LogP contribution in [0.4, 0.5) is 5.69 Å². The second-order valence-corrected chi connectivity index (χ2v) is 6.36. The largest absolute Gasteiger partial charge is 0.367 e. The van der Waals surface area contributed by atoms with Crippen LogP contribution in [0.3, 0.4) is 0 Å². The van der Waals surface area contributed by atoms with Gasteiger partial charge in [0, 0.05) is 36.8 Å². The number of carbonyl (C=O) groups excluding carboxylic acids is 1. The minimum absolute atomic E-state index is 0.0468. The first-order chi connectivity index (χ1) is 11.6. The monoisotopic (exact) mass is 366 g/mol. The Hall–Kier alpha value is -2.05. The molecule has 126 valence electrons. The summed E-state index contributed by atoms with van der Waals surface area (Å²) in [6.07, 6.45) is 2.31. The summed E-state index contributed by atoms with van der Waals surface area (Å²) in [6.45, 7) is 2.45. The highest BCUT2D eigenvalue weighted by molar-refractivity contribution is 6.33. The van der Waals surface area contributed by atoms with E-state index >= 15 is 0 Å². The number of hydrogen-bond donors (Lipinski definition) is 1. The van der Waals surface area contributed by atoms with Gasteiger partial charge in [-0.3, -0.25) is 9.59 Å². The number of amides is 1. The number of benzene rings is 1. The van der Waals surface area contributed by atoms with Crippen LogP contribution in [0.15, 0.2) is 35.3 Å². The molecule has 2 heterocycles. The van der Waals surface area contributed by atoms with Crippen LogP contribution in [0.25, 0.3) is 0 Å². The zero-order chi connectivity index (χ0) is 17.1. The lowest BCUT2D eigenvalue weighted by Crippen LogP contribution is -2.35. The average Bonchev–Trinajstić information content (AvgIpc) is 2.83. The van der Waals surface area contributed by atoms with Crippen molar-refractivity contribution in [1.29, 1.82) is 0 Å². The van der Waals surface area contributed by atoms with Gasteiger partial charge in [-0.1, -0.05) is 29.3 Å². The maximum Gasteiger partial charge on any atom is 0.285 e. The molecule has 3 rings (SSSR count). The smallest absolute Gasteiger partial charge is 0.285 e. The molecular weight excluding hydrogens is 351 g/mol. The molecule has 1 aromatic carbocycles. The molecule has 0 radical (unpaired) electrons. The molecule has 1 N–H and O–H groups in total. The van der Waals surface area contributed by atoms with E-state index in [1.165, 1.54) is 6.20 Å². The number of anilines is 1. The van der Waals surface area contributed by atoms with Crippen molar-refractivity contribution in [3.63, 3.8) is 0 Å². The number of nitrogens with one attached hydrogen (secondary N) is 1. The van der Waals surface area contributed by atoms with E-state index in [0.29, 0.717) is 42.5 Å². The fraction of sp³-hybridized carbons (Fsp3) is 0.312. The standard InChI is InChI=1S/C16H16Cl2N4O2/c17-12-4-1-3-11(9-12)16(24)22-6-2-5-21(7-8-22)13-10-19-20-15(23)14(13)18/h1,3-4,9-10H,2,5-8H2,(H,20,23). The second kappa shape index (κ2) is 7.23. The van der Waals surface area contributed by atoms with Gasteiger partial charge in [0.15, 0.2) is 0 Å². The maximum absolute atomic E-state index is 12.6. The first-order valence-corrected chi connectivity index (χ1v) is 8.35. The minimum atomic E-state index is -0.412. The quantitative estimate of drug-likeness (QED) is 0.885. The molecular formula is C16H16Cl2N4O2. The van der Waals surface area contributed by atoms with E-state index in [2.05, 4.69) is 10.2 Å². The van der Waals surface area contributed by atoms with Gasteiger partial charge in [-0.25, -0.2) is 5.10 Å². The van der Waals surface area contributed by atoms with Gasteiger partial charge in [-0.15, -0.1) is 0 Å². The zero-order valence-corrected chi connectivity index (χ0v) is 14.3. The lowest BCUT2D eigenvalue weighted by atomic mass is 10.2. The Labute approximate surface area is 149 Å². The van der Waals surface area contributed by atoms with Crippen LogP contribution < -0.4 is 10.5 Å². The third-order valence-corrected chi connectivity index (χ3v) is 4.57. The minimum Gasteiger partial charge on any atom is -0.367 e. The second-order valence-electron chi connectivity index (χ2n) is 5.54. The summed E-state index contributed by atoms with van der Waals surface area (Å²) in [5, 5.41) is 6.78. The van der Waals surface area contributed by atoms with E-state index in [4.69, 9.17) is 23.2 Å². The number of aromatic amines is 1. The van der Waals surface area contributed by atoms with Gasteiger partial charge in [0.25, 0.3) is 11.5 Å². The van der Waals surface area contributed by atoms with Gasteiger partial charge in [0.1, 0.15) is 5.02 Å². The van der Waals surface area contributed by atoms with Crippen molar-refractivity contribution in [3.05, 3.63) is 56.4 Å². The van der Waals surface area contributed by atoms with Crippen molar-refractivity contribution in [2.75, 3.05) is 31.1 Å². The predicted octanol–water partition coefficient (Wildman–Crippen LogP) is 2.43. The van der Waals surface area contributed by atoms with Gasteiger partial charge in [0.05, 0.1) is 11.9 Å². The summed E-state index contributed by atoms with van der Waals surface area (Å²) in [4.78, 5) is 28.0. The van der Waals surface area contributed by atoms with Crippen molar-refractivity contribution in [2.45, 2.75) is 6.42 Å². The first-order valence-electron chi connectivity index (χ1n) is 7.59. The topological polar surface area (TPSA) is 69.3 Å². The van der Waals surface area contributed by atoms with Gasteiger partial charge in [0.2, 0.25) is 0 Å². The third kappa shape index (κ3) is 3.55. The zero-order valence-electron chi connectivity index (χ0n) is 12.8. The highest BCUT2D eigenvalue weighted by Crippen LogP contribution is 2.22. The maximum atomic E-state index is 12.6. The van der Waals surface area contributed by atoms with Crippen LogP contribution in [-0.2, 0) is 0 Å². The van der Waals surface area contributed by atoms with E-state index in [0.717, 1.165) is 6.42 Å². The summed E-state index contributed by atoms with van der Waals surface area (Å²) in [5.41, 5.74) is 0.759. The Morgan fingerprint density at radius 1 is 1.17 bits per heavy atom. The number of halogens is 2. The normalized spacial score (nSPS) is 15.2. The van der Waals surface area contributed by atoms with Gasteiger partial charge in [-0.2, -0.15) is 5.10 Å². The van der Waals surface area contributed by atoms with Crippen molar-refractivity contribution in [3.8, 4) is 0 Å². The van der Waals surface area contributed by atoms with Crippen LogP contribution in [0, 0.1) is 0 Å². The summed E-state index contributed by atoms with van der Waals surface area (Å²) < 4.78 is 0. The Morgan fingerprint density at radius 3 is 2.79 bits per heavy atom.